The number of hydrogen-bond donors (Lipinski definition) is 0. The number of hydroxylamine groups is 4. The van der Waals surface area contributed by atoms with E-state index in [1.54, 1.807) is 0 Å². The first-order valence-electron chi connectivity index (χ1n) is 4.42. The highest BCUT2D eigenvalue weighted by Gasteiger charge is 1.94. The van der Waals surface area contributed by atoms with Crippen molar-refractivity contribution >= 4 is 0 Å². The third-order valence-corrected chi connectivity index (χ3v) is 1.83. The van der Waals surface area contributed by atoms with Crippen molar-refractivity contribution in [2.75, 3.05) is 14.1 Å². The highest BCUT2D eigenvalue weighted by atomic mass is 16.5. The lowest BCUT2D eigenvalue weighted by Gasteiger charge is -2.23. The smallest absolute Gasteiger partial charge is 0.0112 e. The van der Waals surface area contributed by atoms with E-state index in [9.17, 15) is 10.4 Å². The van der Waals surface area contributed by atoms with Crippen LogP contribution in [0.15, 0.2) is 24.3 Å². The highest BCUT2D eigenvalue weighted by molar-refractivity contribution is 5.22. The third-order valence-electron chi connectivity index (χ3n) is 1.83. The van der Waals surface area contributed by atoms with E-state index in [0.717, 1.165) is 21.3 Å². The molecule has 1 aromatic carbocycles. The van der Waals surface area contributed by atoms with Crippen molar-refractivity contribution in [3.05, 3.63) is 45.8 Å². The number of rotatable bonds is 4. The average Bonchev–Trinajstić information content (AvgIpc) is 2.06. The Bertz CT molecular complexity index is 241. The van der Waals surface area contributed by atoms with Crippen LogP contribution in [0, 0.1) is 10.4 Å². The van der Waals surface area contributed by atoms with Gasteiger partial charge in [0.1, 0.15) is 0 Å². The van der Waals surface area contributed by atoms with Gasteiger partial charge in [0.15, 0.2) is 0 Å². The van der Waals surface area contributed by atoms with E-state index >= 15 is 0 Å². The fourth-order valence-electron chi connectivity index (χ4n) is 1.26. The fourth-order valence-corrected chi connectivity index (χ4v) is 1.26. The summed E-state index contributed by atoms with van der Waals surface area (Å²) in [5, 5.41) is 23.2. The standard InChI is InChI=1S/C10H14N2O2/c1-11(13)7-9-3-5-10(6-4-9)8-12(2)14/h3-6H,7-8H2,1-2H3/q-2. The molecule has 14 heavy (non-hydrogen) atoms. The minimum atomic E-state index is 0.382. The van der Waals surface area contributed by atoms with Crippen molar-refractivity contribution in [3.63, 3.8) is 0 Å². The second-order valence-electron chi connectivity index (χ2n) is 3.39. The van der Waals surface area contributed by atoms with Crippen LogP contribution in [0.25, 0.3) is 0 Å². The van der Waals surface area contributed by atoms with Crippen LogP contribution in [0.1, 0.15) is 11.1 Å². The van der Waals surface area contributed by atoms with Gasteiger partial charge in [-0.05, 0) is 25.2 Å². The van der Waals surface area contributed by atoms with Gasteiger partial charge in [0.25, 0.3) is 0 Å². The van der Waals surface area contributed by atoms with Crippen LogP contribution in [0.3, 0.4) is 0 Å². The summed E-state index contributed by atoms with van der Waals surface area (Å²) in [7, 11) is 2.97. The van der Waals surface area contributed by atoms with E-state index in [-0.39, 0.29) is 0 Å². The molecule has 0 amide bonds. The second-order valence-corrected chi connectivity index (χ2v) is 3.39. The van der Waals surface area contributed by atoms with Gasteiger partial charge in [-0.25, -0.2) is 0 Å². The van der Waals surface area contributed by atoms with Crippen molar-refractivity contribution in [1.82, 2.24) is 10.1 Å². The summed E-state index contributed by atoms with van der Waals surface area (Å²) in [6.07, 6.45) is 0. The largest absolute Gasteiger partial charge is 0.785 e. The van der Waals surface area contributed by atoms with Gasteiger partial charge in [-0.1, -0.05) is 24.3 Å². The molecule has 0 spiro atoms. The molecule has 0 aromatic heterocycles. The average molecular weight is 194 g/mol. The minimum absolute atomic E-state index is 0.382. The molecule has 0 aliphatic heterocycles. The molecule has 0 aliphatic carbocycles. The minimum Gasteiger partial charge on any atom is -0.785 e. The first-order chi connectivity index (χ1) is 6.58. The first-order valence-corrected chi connectivity index (χ1v) is 4.42. The summed E-state index contributed by atoms with van der Waals surface area (Å²) in [5.74, 6) is 0. The molecule has 0 bridgehead atoms. The van der Waals surface area contributed by atoms with Gasteiger partial charge in [-0.3, -0.25) is 0 Å². The Hall–Kier alpha value is -0.940. The van der Waals surface area contributed by atoms with Gasteiger partial charge in [-0.15, -0.1) is 0 Å². The van der Waals surface area contributed by atoms with E-state index < -0.39 is 0 Å². The van der Waals surface area contributed by atoms with E-state index in [0.29, 0.717) is 13.1 Å². The molecule has 0 radical (unpaired) electrons. The van der Waals surface area contributed by atoms with Crippen LogP contribution in [-0.4, -0.2) is 24.2 Å². The lowest BCUT2D eigenvalue weighted by Crippen LogP contribution is -2.10. The Balaban J connectivity index is 2.59. The Morgan fingerprint density at radius 2 is 1.14 bits per heavy atom. The third kappa shape index (κ3) is 3.85. The lowest BCUT2D eigenvalue weighted by molar-refractivity contribution is 0.449. The van der Waals surface area contributed by atoms with Gasteiger partial charge >= 0.3 is 0 Å². The molecule has 0 atom stereocenters. The molecular weight excluding hydrogens is 180 g/mol. The predicted molar refractivity (Wildman–Crippen MR) is 56.1 cm³/mol. The van der Waals surface area contributed by atoms with Gasteiger partial charge in [0.2, 0.25) is 0 Å². The van der Waals surface area contributed by atoms with Crippen LogP contribution < -0.4 is 0 Å². The van der Waals surface area contributed by atoms with E-state index in [4.69, 9.17) is 0 Å². The van der Waals surface area contributed by atoms with E-state index in [2.05, 4.69) is 0 Å². The van der Waals surface area contributed by atoms with Crippen LogP contribution in [0.5, 0.6) is 0 Å². The van der Waals surface area contributed by atoms with Crippen LogP contribution >= 0.6 is 0 Å². The summed E-state index contributed by atoms with van der Waals surface area (Å²) >= 11 is 0. The molecule has 0 aliphatic rings. The lowest BCUT2D eigenvalue weighted by atomic mass is 10.1. The molecule has 0 saturated carbocycles. The van der Waals surface area contributed by atoms with Gasteiger partial charge in [-0.2, -0.15) is 0 Å². The fraction of sp³-hybridized carbons (Fsp3) is 0.400. The molecule has 1 aromatic rings. The molecule has 78 valence electrons. The topological polar surface area (TPSA) is 52.6 Å². The normalized spacial score (nSPS) is 11.3. The summed E-state index contributed by atoms with van der Waals surface area (Å²) in [4.78, 5) is 0. The molecule has 4 heteroatoms. The zero-order chi connectivity index (χ0) is 10.6. The molecule has 0 heterocycles. The zero-order valence-corrected chi connectivity index (χ0v) is 8.43. The molecule has 0 saturated heterocycles. The molecule has 0 N–H and O–H groups in total. The Morgan fingerprint density at radius 3 is 1.36 bits per heavy atom. The Kier molecular flexibility index (Phi) is 4.03. The van der Waals surface area contributed by atoms with E-state index in [1.807, 2.05) is 24.3 Å². The highest BCUT2D eigenvalue weighted by Crippen LogP contribution is 2.07. The predicted octanol–water partition coefficient (Wildman–Crippen LogP) is 1.55. The van der Waals surface area contributed by atoms with Gasteiger partial charge in [0.05, 0.1) is 0 Å². The van der Waals surface area contributed by atoms with Crippen LogP contribution in [-0.2, 0) is 13.1 Å². The second kappa shape index (κ2) is 5.07. The van der Waals surface area contributed by atoms with Crippen molar-refractivity contribution in [3.8, 4) is 0 Å². The first kappa shape index (κ1) is 11.1. The molecule has 1 rings (SSSR count). The molecule has 4 nitrogen and oxygen atoms in total. The summed E-state index contributed by atoms with van der Waals surface area (Å²) in [5.41, 5.74) is 1.92. The van der Waals surface area contributed by atoms with Crippen molar-refractivity contribution in [2.45, 2.75) is 13.1 Å². The van der Waals surface area contributed by atoms with Crippen molar-refractivity contribution in [1.29, 1.82) is 0 Å². The van der Waals surface area contributed by atoms with Gasteiger partial charge < -0.3 is 20.5 Å². The van der Waals surface area contributed by atoms with Crippen molar-refractivity contribution in [2.24, 2.45) is 0 Å². The van der Waals surface area contributed by atoms with Crippen LogP contribution in [0.4, 0.5) is 0 Å². The molecular formula is C10H14N2O2-2. The quantitative estimate of drug-likeness (QED) is 0.682. The van der Waals surface area contributed by atoms with E-state index in [1.165, 1.54) is 14.1 Å². The summed E-state index contributed by atoms with van der Waals surface area (Å²) < 4.78 is 0. The molecule has 0 fully saturated rings. The monoisotopic (exact) mass is 194 g/mol. The van der Waals surface area contributed by atoms with Crippen LogP contribution in [0.2, 0.25) is 0 Å². The maximum absolute atomic E-state index is 10.7. The van der Waals surface area contributed by atoms with Crippen molar-refractivity contribution < 1.29 is 0 Å². The summed E-state index contributed by atoms with van der Waals surface area (Å²) in [6, 6.07) is 7.47. The number of hydrogen-bond acceptors (Lipinski definition) is 4. The Labute approximate surface area is 83.9 Å². The molecule has 0 unspecified atom stereocenters. The zero-order valence-electron chi connectivity index (χ0n) is 8.43. The number of benzene rings is 1. The number of nitrogens with zero attached hydrogens (tertiary/aromatic N) is 2. The Morgan fingerprint density at radius 1 is 0.857 bits per heavy atom. The SMILES string of the molecule is CN([O-])Cc1ccc(CN(C)[O-])cc1. The maximum atomic E-state index is 10.7. The summed E-state index contributed by atoms with van der Waals surface area (Å²) in [6.45, 7) is 0.765. The van der Waals surface area contributed by atoms with Gasteiger partial charge in [0, 0.05) is 13.1 Å². The maximum Gasteiger partial charge on any atom is 0.0112 e.